The van der Waals surface area contributed by atoms with E-state index in [-0.39, 0.29) is 6.61 Å². The molecule has 0 amide bonds. The smallest absolute Gasteiger partial charge is 0.0902 e. The van der Waals surface area contributed by atoms with Crippen molar-refractivity contribution >= 4 is 0 Å². The summed E-state index contributed by atoms with van der Waals surface area (Å²) in [5, 5.41) is 8.73. The molecule has 18 heavy (non-hydrogen) atoms. The molecule has 0 aliphatic heterocycles. The minimum Gasteiger partial charge on any atom is -0.473 e. The molecule has 1 aromatic heterocycles. The number of hydrogen-bond donors (Lipinski definition) is 1. The van der Waals surface area contributed by atoms with Gasteiger partial charge in [-0.2, -0.15) is 0 Å². The highest BCUT2D eigenvalue weighted by Crippen LogP contribution is 2.11. The average Bonchev–Trinajstić information content (AvgIpc) is 2.97. The van der Waals surface area contributed by atoms with Crippen molar-refractivity contribution in [2.24, 2.45) is 0 Å². The Morgan fingerprint density at radius 2 is 1.72 bits per heavy atom. The van der Waals surface area contributed by atoms with E-state index in [2.05, 4.69) is 23.1 Å². The van der Waals surface area contributed by atoms with E-state index in [1.54, 1.807) is 12.5 Å². The Balaban J connectivity index is 0.000000269. The zero-order valence-electron chi connectivity index (χ0n) is 10.6. The summed E-state index contributed by atoms with van der Waals surface area (Å²) in [6.45, 7) is 3.99. The third kappa shape index (κ3) is 5.51. The summed E-state index contributed by atoms with van der Waals surface area (Å²) in [4.78, 5) is 0. The number of aliphatic hydroxyl groups excluding tert-OH is 1. The molecule has 1 heterocycles. The van der Waals surface area contributed by atoms with Gasteiger partial charge in [0.2, 0.25) is 0 Å². The van der Waals surface area contributed by atoms with Crippen molar-refractivity contribution in [3.05, 3.63) is 72.7 Å². The van der Waals surface area contributed by atoms with Crippen LogP contribution in [-0.2, 0) is 12.8 Å². The fourth-order valence-electron chi connectivity index (χ4n) is 1.65. The summed E-state index contributed by atoms with van der Waals surface area (Å²) >= 11 is 0. The first-order valence-corrected chi connectivity index (χ1v) is 6.14. The number of aliphatic hydroxyl groups is 1. The van der Waals surface area contributed by atoms with Gasteiger partial charge < -0.3 is 9.52 Å². The Morgan fingerprint density at radius 3 is 2.22 bits per heavy atom. The van der Waals surface area contributed by atoms with Gasteiger partial charge in [0.15, 0.2) is 0 Å². The summed E-state index contributed by atoms with van der Waals surface area (Å²) < 4.78 is 4.58. The molecule has 0 atom stereocenters. The van der Waals surface area contributed by atoms with Crippen LogP contribution in [0, 0.1) is 0 Å². The molecule has 2 aromatic rings. The molecular formula is C16H20O2. The van der Waals surface area contributed by atoms with Gasteiger partial charge in [0.05, 0.1) is 12.5 Å². The highest BCUT2D eigenvalue weighted by atomic mass is 16.3. The second-order valence-corrected chi connectivity index (χ2v) is 3.88. The monoisotopic (exact) mass is 244 g/mol. The van der Waals surface area contributed by atoms with Crippen molar-refractivity contribution < 1.29 is 9.52 Å². The van der Waals surface area contributed by atoms with Crippen molar-refractivity contribution in [2.75, 3.05) is 6.61 Å². The molecule has 0 radical (unpaired) electrons. The van der Waals surface area contributed by atoms with E-state index < -0.39 is 0 Å². The minimum atomic E-state index is 0.266. The maximum absolute atomic E-state index is 8.73. The molecule has 1 N–H and O–H groups in total. The first kappa shape index (κ1) is 14.3. The van der Waals surface area contributed by atoms with Crippen LogP contribution in [-0.4, -0.2) is 11.7 Å². The number of hydrogen-bond acceptors (Lipinski definition) is 2. The summed E-state index contributed by atoms with van der Waals surface area (Å²) in [6.07, 6.45) is 7.88. The normalized spacial score (nSPS) is 9.39. The number of benzene rings is 1. The van der Waals surface area contributed by atoms with E-state index in [0.717, 1.165) is 19.3 Å². The van der Waals surface area contributed by atoms with E-state index in [4.69, 9.17) is 5.11 Å². The van der Waals surface area contributed by atoms with Gasteiger partial charge in [-0.25, -0.2) is 0 Å². The molecule has 0 unspecified atom stereocenters. The highest BCUT2D eigenvalue weighted by Gasteiger charge is 1.98. The minimum absolute atomic E-state index is 0.266. The van der Waals surface area contributed by atoms with Crippen molar-refractivity contribution in [1.29, 1.82) is 0 Å². The molecule has 2 rings (SSSR count). The van der Waals surface area contributed by atoms with Crippen LogP contribution < -0.4 is 0 Å². The van der Waals surface area contributed by atoms with Gasteiger partial charge in [-0.1, -0.05) is 30.3 Å². The highest BCUT2D eigenvalue weighted by molar-refractivity contribution is 5.28. The average molecular weight is 244 g/mol. The first-order valence-electron chi connectivity index (χ1n) is 6.14. The quantitative estimate of drug-likeness (QED) is 0.815. The number of allylic oxidation sites excluding steroid dienone is 1. The van der Waals surface area contributed by atoms with Crippen LogP contribution in [0.2, 0.25) is 0 Å². The molecule has 96 valence electrons. The second-order valence-electron chi connectivity index (χ2n) is 3.88. The van der Waals surface area contributed by atoms with Crippen LogP contribution in [0.4, 0.5) is 0 Å². The van der Waals surface area contributed by atoms with Crippen molar-refractivity contribution in [2.45, 2.75) is 19.3 Å². The SMILES string of the molecule is C=CCc1ccccc1CCCO.c1ccoc1. The largest absolute Gasteiger partial charge is 0.473 e. The molecule has 0 aliphatic rings. The molecule has 2 heteroatoms. The lowest BCUT2D eigenvalue weighted by Gasteiger charge is -2.05. The van der Waals surface area contributed by atoms with Crippen molar-refractivity contribution in [1.82, 2.24) is 0 Å². The second kappa shape index (κ2) is 9.25. The van der Waals surface area contributed by atoms with Crippen LogP contribution in [0.5, 0.6) is 0 Å². The molecule has 0 saturated carbocycles. The molecule has 0 aliphatic carbocycles. The van der Waals surface area contributed by atoms with E-state index in [9.17, 15) is 0 Å². The third-order valence-corrected chi connectivity index (χ3v) is 2.51. The van der Waals surface area contributed by atoms with Gasteiger partial charge in [0.25, 0.3) is 0 Å². The number of furan rings is 1. The molecule has 0 bridgehead atoms. The van der Waals surface area contributed by atoms with Gasteiger partial charge >= 0.3 is 0 Å². The lowest BCUT2D eigenvalue weighted by molar-refractivity contribution is 0.288. The van der Waals surface area contributed by atoms with Gasteiger partial charge in [-0.15, -0.1) is 6.58 Å². The van der Waals surface area contributed by atoms with E-state index in [1.165, 1.54) is 11.1 Å². The molecule has 0 spiro atoms. The molecule has 1 aromatic carbocycles. The number of rotatable bonds is 5. The van der Waals surface area contributed by atoms with E-state index in [1.807, 2.05) is 30.3 Å². The molecular weight excluding hydrogens is 224 g/mol. The standard InChI is InChI=1S/C12H16O.C4H4O/c1-2-6-11-7-3-4-8-12(11)9-5-10-13;1-2-4-5-3-1/h2-4,7-8,13H,1,5-6,9-10H2;1-4H. The van der Waals surface area contributed by atoms with Gasteiger partial charge in [-0.05, 0) is 42.5 Å². The fraction of sp³-hybridized carbons (Fsp3) is 0.250. The van der Waals surface area contributed by atoms with Gasteiger partial charge in [0.1, 0.15) is 0 Å². The maximum Gasteiger partial charge on any atom is 0.0902 e. The van der Waals surface area contributed by atoms with Crippen molar-refractivity contribution in [3.8, 4) is 0 Å². The Bertz CT molecular complexity index is 401. The van der Waals surface area contributed by atoms with Crippen LogP contribution >= 0.6 is 0 Å². The summed E-state index contributed by atoms with van der Waals surface area (Å²) in [7, 11) is 0. The predicted molar refractivity (Wildman–Crippen MR) is 74.5 cm³/mol. The van der Waals surface area contributed by atoms with Crippen LogP contribution in [0.25, 0.3) is 0 Å². The van der Waals surface area contributed by atoms with Crippen LogP contribution in [0.1, 0.15) is 17.5 Å². The van der Waals surface area contributed by atoms with Crippen LogP contribution in [0.3, 0.4) is 0 Å². The first-order chi connectivity index (χ1) is 8.88. The van der Waals surface area contributed by atoms with E-state index >= 15 is 0 Å². The summed E-state index contributed by atoms with van der Waals surface area (Å²) in [5.41, 5.74) is 2.66. The Labute approximate surface area is 109 Å². The topological polar surface area (TPSA) is 33.4 Å². The Kier molecular flexibility index (Phi) is 7.33. The Morgan fingerprint density at radius 1 is 1.06 bits per heavy atom. The van der Waals surface area contributed by atoms with Gasteiger partial charge in [-0.3, -0.25) is 0 Å². The summed E-state index contributed by atoms with van der Waals surface area (Å²) in [6, 6.07) is 12.0. The molecule has 0 fully saturated rings. The van der Waals surface area contributed by atoms with E-state index in [0.29, 0.717) is 0 Å². The Hall–Kier alpha value is -1.80. The molecule has 0 saturated heterocycles. The predicted octanol–water partition coefficient (Wildman–Crippen LogP) is 3.62. The zero-order chi connectivity index (χ0) is 13.1. The maximum atomic E-state index is 8.73. The molecule has 2 nitrogen and oxygen atoms in total. The zero-order valence-corrected chi connectivity index (χ0v) is 10.6. The van der Waals surface area contributed by atoms with Gasteiger partial charge in [0, 0.05) is 6.61 Å². The third-order valence-electron chi connectivity index (χ3n) is 2.51. The summed E-state index contributed by atoms with van der Waals surface area (Å²) in [5.74, 6) is 0. The van der Waals surface area contributed by atoms with Crippen molar-refractivity contribution in [3.63, 3.8) is 0 Å². The number of aryl methyl sites for hydroxylation is 1. The lowest BCUT2D eigenvalue weighted by atomic mass is 10.0. The van der Waals surface area contributed by atoms with Crippen LogP contribution in [0.15, 0.2) is 66.0 Å². The lowest BCUT2D eigenvalue weighted by Crippen LogP contribution is -1.94. The fourth-order valence-corrected chi connectivity index (χ4v) is 1.65.